The zero-order chi connectivity index (χ0) is 19.7. The summed E-state index contributed by atoms with van der Waals surface area (Å²) in [5.41, 5.74) is -1.06. The molecule has 8 heteroatoms. The first-order chi connectivity index (χ1) is 12.6. The highest BCUT2D eigenvalue weighted by Crippen LogP contribution is 2.64. The van der Waals surface area contributed by atoms with E-state index in [1.165, 1.54) is 13.0 Å². The third-order valence-corrected chi connectivity index (χ3v) is 7.07. The lowest BCUT2D eigenvalue weighted by Crippen LogP contribution is -2.76. The second-order valence-electron chi connectivity index (χ2n) is 8.58. The second-order valence-corrected chi connectivity index (χ2v) is 8.58. The van der Waals surface area contributed by atoms with Crippen LogP contribution in [0.2, 0.25) is 0 Å². The van der Waals surface area contributed by atoms with E-state index in [1.807, 2.05) is 0 Å². The Morgan fingerprint density at radius 1 is 1.11 bits per heavy atom. The molecule has 5 nitrogen and oxygen atoms in total. The molecule has 1 saturated carbocycles. The molecule has 0 aromatic carbocycles. The van der Waals surface area contributed by atoms with E-state index in [0.717, 1.165) is 12.8 Å². The molecule has 27 heavy (non-hydrogen) atoms. The van der Waals surface area contributed by atoms with Crippen LogP contribution in [-0.2, 0) is 24.0 Å². The first kappa shape index (κ1) is 19.6. The molecule has 8 atom stereocenters. The number of alkyl halides is 3. The second kappa shape index (κ2) is 6.16. The number of rotatable bonds is 3. The van der Waals surface area contributed by atoms with Gasteiger partial charge in [-0.25, -0.2) is 9.78 Å². The molecule has 5 rings (SSSR count). The fourth-order valence-corrected chi connectivity index (χ4v) is 5.67. The van der Waals surface area contributed by atoms with Crippen molar-refractivity contribution >= 4 is 0 Å². The molecule has 4 heterocycles. The molecule has 5 fully saturated rings. The van der Waals surface area contributed by atoms with Gasteiger partial charge in [-0.3, -0.25) is 0 Å². The van der Waals surface area contributed by atoms with Crippen molar-refractivity contribution in [2.75, 3.05) is 6.61 Å². The first-order valence-electron chi connectivity index (χ1n) is 9.64. The highest BCUT2D eigenvalue weighted by molar-refractivity contribution is 5.12. The van der Waals surface area contributed by atoms with Crippen molar-refractivity contribution in [3.63, 3.8) is 0 Å². The van der Waals surface area contributed by atoms with Crippen LogP contribution in [0.5, 0.6) is 0 Å². The van der Waals surface area contributed by atoms with Crippen molar-refractivity contribution in [3.05, 3.63) is 12.7 Å². The number of fused-ring (bicyclic) bond motifs is 2. The molecule has 5 aliphatic rings. The Balaban J connectivity index is 1.83. The van der Waals surface area contributed by atoms with Gasteiger partial charge in [-0.2, -0.15) is 13.2 Å². The fourth-order valence-electron chi connectivity index (χ4n) is 5.67. The summed E-state index contributed by atoms with van der Waals surface area (Å²) in [5, 5.41) is 0. The quantitative estimate of drug-likeness (QED) is 0.529. The zero-order valence-corrected chi connectivity index (χ0v) is 15.9. The molecule has 1 aliphatic carbocycles. The average Bonchev–Trinajstić information content (AvgIpc) is 2.82. The maximum atomic E-state index is 14.3. The normalized spacial score (nSPS) is 52.1. The third-order valence-electron chi connectivity index (χ3n) is 7.07. The Hall–Kier alpha value is -0.670. The summed E-state index contributed by atoms with van der Waals surface area (Å²) in [6, 6.07) is 0. The van der Waals surface area contributed by atoms with Crippen LogP contribution >= 0.6 is 0 Å². The summed E-state index contributed by atoms with van der Waals surface area (Å²) in [7, 11) is 0. The number of hydrogen-bond donors (Lipinski definition) is 0. The first-order valence-corrected chi connectivity index (χ1v) is 9.64. The van der Waals surface area contributed by atoms with Crippen molar-refractivity contribution in [1.82, 2.24) is 0 Å². The SMILES string of the molecule is C=CCO[C@]1(C(F)(F)F)O[C@@H]2O[C@]3(C)CC[C@H]4[C@H](C)CC[C@@H]([C@H]1C)[C@@]24OO3. The standard InChI is InChI=1S/C19H27F3O5/c1-5-10-23-18(19(20,21)22)12(3)14-7-6-11(2)13-8-9-16(4)24-15(25-18)17(13,14)27-26-16/h5,11-15H,1,6-10H2,2-4H3/t11-,12-,13+,14+,15+,16+,17-,18+/m1/s1. The van der Waals surface area contributed by atoms with Crippen LogP contribution in [0.15, 0.2) is 12.7 Å². The summed E-state index contributed by atoms with van der Waals surface area (Å²) in [5.74, 6) is -5.08. The van der Waals surface area contributed by atoms with Gasteiger partial charge in [0, 0.05) is 18.3 Å². The Labute approximate surface area is 157 Å². The third kappa shape index (κ3) is 2.56. The van der Waals surface area contributed by atoms with Crippen molar-refractivity contribution in [3.8, 4) is 0 Å². The maximum absolute atomic E-state index is 14.3. The molecular formula is C19H27F3O5. The predicted molar refractivity (Wildman–Crippen MR) is 88.0 cm³/mol. The van der Waals surface area contributed by atoms with Gasteiger partial charge in [-0.05, 0) is 38.0 Å². The van der Waals surface area contributed by atoms with E-state index >= 15 is 0 Å². The van der Waals surface area contributed by atoms with Crippen LogP contribution in [-0.4, -0.2) is 36.2 Å². The molecule has 154 valence electrons. The van der Waals surface area contributed by atoms with Gasteiger partial charge >= 0.3 is 6.18 Å². The van der Waals surface area contributed by atoms with Crippen LogP contribution in [0.4, 0.5) is 13.2 Å². The topological polar surface area (TPSA) is 46.2 Å². The van der Waals surface area contributed by atoms with Gasteiger partial charge in [0.05, 0.1) is 6.61 Å². The molecule has 0 aromatic rings. The minimum absolute atomic E-state index is 0.00124. The minimum Gasteiger partial charge on any atom is -0.338 e. The van der Waals surface area contributed by atoms with E-state index in [0.29, 0.717) is 12.8 Å². The van der Waals surface area contributed by atoms with Gasteiger partial charge in [-0.1, -0.05) is 19.9 Å². The van der Waals surface area contributed by atoms with Crippen molar-refractivity contribution in [2.24, 2.45) is 23.7 Å². The van der Waals surface area contributed by atoms with Gasteiger partial charge in [0.2, 0.25) is 5.79 Å². The largest absolute Gasteiger partial charge is 0.443 e. The van der Waals surface area contributed by atoms with E-state index < -0.39 is 41.5 Å². The van der Waals surface area contributed by atoms with Gasteiger partial charge < -0.3 is 14.2 Å². The molecule has 4 saturated heterocycles. The summed E-state index contributed by atoms with van der Waals surface area (Å²) in [6.45, 7) is 8.52. The molecule has 2 bridgehead atoms. The lowest BCUT2D eigenvalue weighted by molar-refractivity contribution is -0.598. The monoisotopic (exact) mass is 392 g/mol. The molecular weight excluding hydrogens is 365 g/mol. The Morgan fingerprint density at radius 3 is 2.52 bits per heavy atom. The Kier molecular flexibility index (Phi) is 4.48. The van der Waals surface area contributed by atoms with E-state index in [-0.39, 0.29) is 18.4 Å². The lowest BCUT2D eigenvalue weighted by Gasteiger charge is -2.62. The molecule has 4 aliphatic heterocycles. The van der Waals surface area contributed by atoms with E-state index in [4.69, 9.17) is 24.0 Å². The Morgan fingerprint density at radius 2 is 1.85 bits per heavy atom. The predicted octanol–water partition coefficient (Wildman–Crippen LogP) is 4.33. The summed E-state index contributed by atoms with van der Waals surface area (Å²) >= 11 is 0. The summed E-state index contributed by atoms with van der Waals surface area (Å²) in [6.07, 6.45) is -1.96. The van der Waals surface area contributed by atoms with Crippen LogP contribution in [0.25, 0.3) is 0 Å². The van der Waals surface area contributed by atoms with Crippen molar-refractivity contribution < 1.29 is 37.2 Å². The molecule has 0 aromatic heterocycles. The lowest BCUT2D eigenvalue weighted by atomic mass is 9.57. The van der Waals surface area contributed by atoms with Crippen molar-refractivity contribution in [2.45, 2.75) is 76.1 Å². The summed E-state index contributed by atoms with van der Waals surface area (Å²) in [4.78, 5) is 11.5. The molecule has 0 unspecified atom stereocenters. The van der Waals surface area contributed by atoms with Crippen LogP contribution < -0.4 is 0 Å². The fraction of sp³-hybridized carbons (Fsp3) is 0.895. The summed E-state index contributed by atoms with van der Waals surface area (Å²) < 4.78 is 59.7. The molecule has 0 radical (unpaired) electrons. The minimum atomic E-state index is -4.73. The zero-order valence-electron chi connectivity index (χ0n) is 15.9. The van der Waals surface area contributed by atoms with Crippen LogP contribution in [0, 0.1) is 23.7 Å². The van der Waals surface area contributed by atoms with Crippen LogP contribution in [0.3, 0.4) is 0 Å². The molecule has 0 N–H and O–H groups in total. The molecule has 1 spiro atoms. The highest BCUT2D eigenvalue weighted by atomic mass is 19.4. The smallest absolute Gasteiger partial charge is 0.338 e. The van der Waals surface area contributed by atoms with Crippen LogP contribution in [0.1, 0.15) is 46.5 Å². The van der Waals surface area contributed by atoms with E-state index in [9.17, 15) is 13.2 Å². The number of ether oxygens (including phenoxy) is 3. The maximum Gasteiger partial charge on any atom is 0.443 e. The van der Waals surface area contributed by atoms with Gasteiger partial charge in [0.25, 0.3) is 5.79 Å². The average molecular weight is 392 g/mol. The Bertz CT molecular complexity index is 613. The van der Waals surface area contributed by atoms with Crippen molar-refractivity contribution in [1.29, 1.82) is 0 Å². The molecule has 0 amide bonds. The number of halogens is 3. The highest BCUT2D eigenvalue weighted by Gasteiger charge is 2.77. The van der Waals surface area contributed by atoms with Gasteiger partial charge in [-0.15, -0.1) is 6.58 Å². The van der Waals surface area contributed by atoms with E-state index in [1.54, 1.807) is 6.92 Å². The number of hydrogen-bond acceptors (Lipinski definition) is 5. The van der Waals surface area contributed by atoms with E-state index in [2.05, 4.69) is 13.5 Å². The van der Waals surface area contributed by atoms with Gasteiger partial charge in [0.1, 0.15) is 0 Å². The van der Waals surface area contributed by atoms with Gasteiger partial charge in [0.15, 0.2) is 11.9 Å².